The molecule has 1 N–H and O–H groups in total. The number of benzene rings is 1. The Bertz CT molecular complexity index is 379. The van der Waals surface area contributed by atoms with Gasteiger partial charge in [0.25, 0.3) is 0 Å². The fraction of sp³-hybridized carbons (Fsp3) is 0.625. The minimum atomic E-state index is 0.217. The summed E-state index contributed by atoms with van der Waals surface area (Å²) in [5.41, 5.74) is 1.17. The molecule has 2 unspecified atom stereocenters. The summed E-state index contributed by atoms with van der Waals surface area (Å²) in [5, 5.41) is 3.17. The molecule has 0 heterocycles. The second-order valence-corrected chi connectivity index (χ2v) is 4.97. The Morgan fingerprint density at radius 3 is 2.26 bits per heavy atom. The fourth-order valence-corrected chi connectivity index (χ4v) is 1.67. The summed E-state index contributed by atoms with van der Waals surface area (Å²) in [4.78, 5) is 0. The number of ether oxygens (including phenoxy) is 2. The molecule has 0 saturated carbocycles. The maximum absolute atomic E-state index is 5.98. The summed E-state index contributed by atoms with van der Waals surface area (Å²) < 4.78 is 11.8. The highest BCUT2D eigenvalue weighted by Crippen LogP contribution is 2.27. The highest BCUT2D eigenvalue weighted by molar-refractivity contribution is 5.41. The number of rotatable bonds is 8. The molecule has 3 heteroatoms. The van der Waals surface area contributed by atoms with Gasteiger partial charge >= 0.3 is 0 Å². The topological polar surface area (TPSA) is 30.5 Å². The molecular weight excluding hydrogens is 238 g/mol. The van der Waals surface area contributed by atoms with Crippen molar-refractivity contribution in [1.29, 1.82) is 0 Å². The van der Waals surface area contributed by atoms with Gasteiger partial charge in [0.1, 0.15) is 11.5 Å². The van der Waals surface area contributed by atoms with E-state index in [1.807, 2.05) is 19.2 Å². The summed E-state index contributed by atoms with van der Waals surface area (Å²) >= 11 is 0. The van der Waals surface area contributed by atoms with E-state index in [0.717, 1.165) is 30.9 Å². The summed E-state index contributed by atoms with van der Waals surface area (Å²) in [6.45, 7) is 9.22. The van der Waals surface area contributed by atoms with Gasteiger partial charge in [0.2, 0.25) is 0 Å². The van der Waals surface area contributed by atoms with Gasteiger partial charge in [0.15, 0.2) is 0 Å². The van der Waals surface area contributed by atoms with Crippen molar-refractivity contribution in [1.82, 2.24) is 5.32 Å². The molecule has 0 amide bonds. The Morgan fingerprint density at radius 2 is 1.68 bits per heavy atom. The summed E-state index contributed by atoms with van der Waals surface area (Å²) in [7, 11) is 1.94. The molecule has 0 radical (unpaired) electrons. The molecular formula is C16H27NO2. The lowest BCUT2D eigenvalue weighted by Crippen LogP contribution is -2.14. The molecule has 0 bridgehead atoms. The third-order valence-corrected chi connectivity index (χ3v) is 3.22. The van der Waals surface area contributed by atoms with Gasteiger partial charge in [-0.05, 0) is 39.8 Å². The Morgan fingerprint density at radius 1 is 1.05 bits per heavy atom. The van der Waals surface area contributed by atoms with Gasteiger partial charge < -0.3 is 14.8 Å². The van der Waals surface area contributed by atoms with Crippen LogP contribution in [0.4, 0.5) is 0 Å². The van der Waals surface area contributed by atoms with E-state index in [4.69, 9.17) is 9.47 Å². The Hall–Kier alpha value is -1.22. The third kappa shape index (κ3) is 5.11. The minimum Gasteiger partial charge on any atom is -0.491 e. The molecule has 2 atom stereocenters. The molecule has 1 aromatic carbocycles. The van der Waals surface area contributed by atoms with E-state index >= 15 is 0 Å². The molecule has 1 rings (SSSR count). The van der Waals surface area contributed by atoms with Crippen molar-refractivity contribution in [3.05, 3.63) is 23.8 Å². The van der Waals surface area contributed by atoms with Crippen LogP contribution in [0.15, 0.2) is 18.2 Å². The van der Waals surface area contributed by atoms with Gasteiger partial charge in [-0.2, -0.15) is 0 Å². The maximum Gasteiger partial charge on any atom is 0.127 e. The van der Waals surface area contributed by atoms with Crippen molar-refractivity contribution in [2.24, 2.45) is 0 Å². The number of hydrogen-bond acceptors (Lipinski definition) is 3. The highest BCUT2D eigenvalue weighted by Gasteiger charge is 2.10. The van der Waals surface area contributed by atoms with Crippen LogP contribution < -0.4 is 14.8 Å². The van der Waals surface area contributed by atoms with Crippen molar-refractivity contribution in [2.45, 2.75) is 59.3 Å². The largest absolute Gasteiger partial charge is 0.491 e. The first-order chi connectivity index (χ1) is 9.10. The summed E-state index contributed by atoms with van der Waals surface area (Å²) in [6.07, 6.45) is 2.44. The lowest BCUT2D eigenvalue weighted by Gasteiger charge is -2.19. The SMILES string of the molecule is CCC(C)Oc1ccc(CNC)c(OC(C)CC)c1. The standard InChI is InChI=1S/C16H27NO2/c1-6-12(3)18-15-9-8-14(11-17-5)16(10-15)19-13(4)7-2/h8-10,12-13,17H,6-7,11H2,1-5H3. The molecule has 19 heavy (non-hydrogen) atoms. The zero-order valence-corrected chi connectivity index (χ0v) is 12.8. The quantitative estimate of drug-likeness (QED) is 0.776. The van der Waals surface area contributed by atoms with E-state index in [0.29, 0.717) is 0 Å². The maximum atomic E-state index is 5.98. The van der Waals surface area contributed by atoms with Crippen LogP contribution in [-0.2, 0) is 6.54 Å². The van der Waals surface area contributed by atoms with Gasteiger partial charge in [-0.15, -0.1) is 0 Å². The first-order valence-corrected chi connectivity index (χ1v) is 7.21. The van der Waals surface area contributed by atoms with E-state index in [9.17, 15) is 0 Å². The van der Waals surface area contributed by atoms with Crippen LogP contribution in [0.2, 0.25) is 0 Å². The van der Waals surface area contributed by atoms with Gasteiger partial charge in [-0.1, -0.05) is 19.9 Å². The van der Waals surface area contributed by atoms with Crippen LogP contribution in [0.25, 0.3) is 0 Å². The zero-order chi connectivity index (χ0) is 14.3. The van der Waals surface area contributed by atoms with Gasteiger partial charge in [-0.3, -0.25) is 0 Å². The van der Waals surface area contributed by atoms with Crippen molar-refractivity contribution >= 4 is 0 Å². The minimum absolute atomic E-state index is 0.217. The zero-order valence-electron chi connectivity index (χ0n) is 12.8. The van der Waals surface area contributed by atoms with Crippen molar-refractivity contribution in [3.63, 3.8) is 0 Å². The van der Waals surface area contributed by atoms with Crippen molar-refractivity contribution < 1.29 is 9.47 Å². The monoisotopic (exact) mass is 265 g/mol. The fourth-order valence-electron chi connectivity index (χ4n) is 1.67. The second kappa shape index (κ2) is 8.05. The smallest absolute Gasteiger partial charge is 0.127 e. The summed E-state index contributed by atoms with van der Waals surface area (Å²) in [6, 6.07) is 6.10. The van der Waals surface area contributed by atoms with Gasteiger partial charge in [0, 0.05) is 18.2 Å². The molecule has 0 spiro atoms. The van der Waals surface area contributed by atoms with Crippen LogP contribution in [0, 0.1) is 0 Å². The van der Waals surface area contributed by atoms with Crippen LogP contribution in [0.1, 0.15) is 46.1 Å². The Kier molecular flexibility index (Phi) is 6.71. The lowest BCUT2D eigenvalue weighted by molar-refractivity contribution is 0.203. The molecule has 0 aromatic heterocycles. The van der Waals surface area contributed by atoms with E-state index < -0.39 is 0 Å². The van der Waals surface area contributed by atoms with E-state index in [1.54, 1.807) is 0 Å². The Labute approximate surface area is 117 Å². The molecule has 0 aliphatic heterocycles. The Balaban J connectivity index is 2.89. The number of hydrogen-bond donors (Lipinski definition) is 1. The van der Waals surface area contributed by atoms with E-state index in [-0.39, 0.29) is 12.2 Å². The predicted octanol–water partition coefficient (Wildman–Crippen LogP) is 3.76. The molecule has 1 aromatic rings. The predicted molar refractivity (Wildman–Crippen MR) is 80.0 cm³/mol. The summed E-state index contributed by atoms with van der Waals surface area (Å²) in [5.74, 6) is 1.80. The molecule has 0 saturated heterocycles. The molecule has 0 aliphatic rings. The highest BCUT2D eigenvalue weighted by atomic mass is 16.5. The molecule has 0 aliphatic carbocycles. The van der Waals surface area contributed by atoms with Crippen LogP contribution in [-0.4, -0.2) is 19.3 Å². The van der Waals surface area contributed by atoms with Gasteiger partial charge in [0.05, 0.1) is 12.2 Å². The lowest BCUT2D eigenvalue weighted by atomic mass is 10.1. The third-order valence-electron chi connectivity index (χ3n) is 3.22. The van der Waals surface area contributed by atoms with Crippen LogP contribution in [0.3, 0.4) is 0 Å². The molecule has 108 valence electrons. The van der Waals surface area contributed by atoms with Gasteiger partial charge in [-0.25, -0.2) is 0 Å². The van der Waals surface area contributed by atoms with Crippen molar-refractivity contribution in [2.75, 3.05) is 7.05 Å². The van der Waals surface area contributed by atoms with E-state index in [2.05, 4.69) is 39.1 Å². The van der Waals surface area contributed by atoms with Crippen LogP contribution >= 0.6 is 0 Å². The number of nitrogens with one attached hydrogen (secondary N) is 1. The molecule has 3 nitrogen and oxygen atoms in total. The molecule has 0 fully saturated rings. The van der Waals surface area contributed by atoms with Crippen molar-refractivity contribution in [3.8, 4) is 11.5 Å². The second-order valence-electron chi connectivity index (χ2n) is 4.97. The first kappa shape index (κ1) is 15.8. The normalized spacial score (nSPS) is 13.9. The van der Waals surface area contributed by atoms with E-state index in [1.165, 1.54) is 5.56 Å². The average molecular weight is 265 g/mol. The average Bonchev–Trinajstić information content (AvgIpc) is 2.41. The van der Waals surface area contributed by atoms with Crippen LogP contribution in [0.5, 0.6) is 11.5 Å². The first-order valence-electron chi connectivity index (χ1n) is 7.21.